The van der Waals surface area contributed by atoms with Gasteiger partial charge in [-0.2, -0.15) is 0 Å². The van der Waals surface area contributed by atoms with Gasteiger partial charge in [0.1, 0.15) is 0 Å². The van der Waals surface area contributed by atoms with E-state index >= 15 is 0 Å². The van der Waals surface area contributed by atoms with Crippen molar-refractivity contribution in [3.8, 4) is 0 Å². The van der Waals surface area contributed by atoms with Crippen LogP contribution in [0.4, 0.5) is 0 Å². The molecule has 0 unspecified atom stereocenters. The van der Waals surface area contributed by atoms with Crippen LogP contribution in [-0.2, 0) is 4.79 Å². The first kappa shape index (κ1) is 10.2. The van der Waals surface area contributed by atoms with E-state index in [-0.39, 0.29) is 11.3 Å². The summed E-state index contributed by atoms with van der Waals surface area (Å²) in [5.41, 5.74) is 1.18. The first-order chi connectivity index (χ1) is 5.97. The highest BCUT2D eigenvalue weighted by Gasteiger charge is 2.10. The Labute approximate surface area is 79.7 Å². The van der Waals surface area contributed by atoms with E-state index in [1.807, 2.05) is 12.2 Å². The molecule has 0 bridgehead atoms. The number of hydrogen-bond acceptors (Lipinski definition) is 2. The van der Waals surface area contributed by atoms with Crippen LogP contribution in [0.2, 0.25) is 0 Å². The molecule has 1 N–H and O–H groups in total. The molecule has 13 heavy (non-hydrogen) atoms. The predicted octanol–water partition coefficient (Wildman–Crippen LogP) is 1.83. The maximum Gasteiger partial charge on any atom is 0.159 e. The molecule has 0 aromatic carbocycles. The molecule has 1 aliphatic carbocycles. The summed E-state index contributed by atoms with van der Waals surface area (Å²) in [4.78, 5) is 11.0. The van der Waals surface area contributed by atoms with Crippen molar-refractivity contribution >= 4 is 5.78 Å². The van der Waals surface area contributed by atoms with Gasteiger partial charge < -0.3 is 5.32 Å². The zero-order valence-corrected chi connectivity index (χ0v) is 8.55. The third-order valence-electron chi connectivity index (χ3n) is 1.82. The van der Waals surface area contributed by atoms with Crippen LogP contribution in [0, 0.1) is 0 Å². The molecule has 0 aromatic rings. The minimum Gasteiger partial charge on any atom is -0.308 e. The van der Waals surface area contributed by atoms with Crippen molar-refractivity contribution in [2.45, 2.75) is 32.7 Å². The van der Waals surface area contributed by atoms with Gasteiger partial charge in [-0.25, -0.2) is 0 Å². The van der Waals surface area contributed by atoms with Gasteiger partial charge in [-0.15, -0.1) is 0 Å². The second-order valence-corrected chi connectivity index (χ2v) is 4.40. The molecule has 0 aliphatic heterocycles. The summed E-state index contributed by atoms with van der Waals surface area (Å²) >= 11 is 0. The average Bonchev–Trinajstić information content (AvgIpc) is 2.00. The summed E-state index contributed by atoms with van der Waals surface area (Å²) in [7, 11) is 0. The molecule has 0 atom stereocenters. The van der Waals surface area contributed by atoms with Gasteiger partial charge in [0.05, 0.1) is 0 Å². The lowest BCUT2D eigenvalue weighted by Gasteiger charge is -2.21. The van der Waals surface area contributed by atoms with E-state index in [1.165, 1.54) is 0 Å². The topological polar surface area (TPSA) is 29.1 Å². The Morgan fingerprint density at radius 2 is 2.15 bits per heavy atom. The van der Waals surface area contributed by atoms with Gasteiger partial charge in [-0.1, -0.05) is 12.2 Å². The van der Waals surface area contributed by atoms with Crippen molar-refractivity contribution in [2.24, 2.45) is 0 Å². The highest BCUT2D eigenvalue weighted by atomic mass is 16.1. The summed E-state index contributed by atoms with van der Waals surface area (Å²) in [6.07, 6.45) is 6.21. The highest BCUT2D eigenvalue weighted by Crippen LogP contribution is 2.07. The second-order valence-electron chi connectivity index (χ2n) is 4.40. The molecular weight excluding hydrogens is 162 g/mol. The van der Waals surface area contributed by atoms with E-state index in [0.29, 0.717) is 6.42 Å². The van der Waals surface area contributed by atoms with Crippen molar-refractivity contribution in [3.05, 3.63) is 23.8 Å². The molecule has 0 amide bonds. The molecule has 0 radical (unpaired) electrons. The Balaban J connectivity index is 2.46. The van der Waals surface area contributed by atoms with Crippen LogP contribution < -0.4 is 5.32 Å². The van der Waals surface area contributed by atoms with Crippen LogP contribution in [0.1, 0.15) is 27.2 Å². The smallest absolute Gasteiger partial charge is 0.159 e. The summed E-state index contributed by atoms with van der Waals surface area (Å²) in [5, 5.41) is 3.34. The lowest BCUT2D eigenvalue weighted by atomic mass is 10.0. The van der Waals surface area contributed by atoms with Gasteiger partial charge in [0.25, 0.3) is 0 Å². The molecule has 0 fully saturated rings. The van der Waals surface area contributed by atoms with Crippen molar-refractivity contribution in [2.75, 3.05) is 6.54 Å². The Morgan fingerprint density at radius 3 is 2.69 bits per heavy atom. The molecule has 1 aliphatic rings. The predicted molar refractivity (Wildman–Crippen MR) is 54.6 cm³/mol. The summed E-state index contributed by atoms with van der Waals surface area (Å²) < 4.78 is 0. The molecule has 0 saturated heterocycles. The zero-order chi connectivity index (χ0) is 9.90. The zero-order valence-electron chi connectivity index (χ0n) is 8.55. The molecule has 0 aromatic heterocycles. The van der Waals surface area contributed by atoms with Crippen LogP contribution in [0.25, 0.3) is 0 Å². The van der Waals surface area contributed by atoms with Gasteiger partial charge in [0, 0.05) is 18.5 Å². The Morgan fingerprint density at radius 1 is 1.46 bits per heavy atom. The Kier molecular flexibility index (Phi) is 3.04. The Hall–Kier alpha value is -0.890. The highest BCUT2D eigenvalue weighted by molar-refractivity contribution is 5.93. The monoisotopic (exact) mass is 179 g/mol. The van der Waals surface area contributed by atoms with E-state index < -0.39 is 0 Å². The fraction of sp³-hybridized carbons (Fsp3) is 0.545. The maximum atomic E-state index is 11.0. The van der Waals surface area contributed by atoms with Crippen molar-refractivity contribution in [1.82, 2.24) is 5.32 Å². The molecule has 2 heteroatoms. The van der Waals surface area contributed by atoms with E-state index in [1.54, 1.807) is 6.08 Å². The quantitative estimate of drug-likeness (QED) is 0.700. The van der Waals surface area contributed by atoms with Gasteiger partial charge >= 0.3 is 0 Å². The normalized spacial score (nSPS) is 17.5. The lowest BCUT2D eigenvalue weighted by molar-refractivity contribution is -0.113. The summed E-state index contributed by atoms with van der Waals surface area (Å²) in [6, 6.07) is 0. The number of carbonyl (C=O) groups is 1. The first-order valence-corrected chi connectivity index (χ1v) is 4.62. The lowest BCUT2D eigenvalue weighted by Crippen LogP contribution is -2.37. The third-order valence-corrected chi connectivity index (χ3v) is 1.82. The molecule has 0 saturated carbocycles. The molecular formula is C11H17NO. The number of nitrogens with one attached hydrogen (secondary N) is 1. The first-order valence-electron chi connectivity index (χ1n) is 4.62. The molecule has 72 valence electrons. The molecule has 1 rings (SSSR count). The fourth-order valence-electron chi connectivity index (χ4n) is 1.12. The maximum absolute atomic E-state index is 11.0. The number of allylic oxidation sites excluding steroid dienone is 2. The minimum atomic E-state index is 0.106. The molecule has 2 nitrogen and oxygen atoms in total. The van der Waals surface area contributed by atoms with Crippen LogP contribution in [0.3, 0.4) is 0 Å². The Bertz CT molecular complexity index is 256. The molecule has 0 spiro atoms. The van der Waals surface area contributed by atoms with Crippen LogP contribution in [0.5, 0.6) is 0 Å². The van der Waals surface area contributed by atoms with E-state index in [2.05, 4.69) is 26.1 Å². The third kappa shape index (κ3) is 4.04. The van der Waals surface area contributed by atoms with E-state index in [0.717, 1.165) is 12.1 Å². The van der Waals surface area contributed by atoms with Gasteiger partial charge in [-0.05, 0) is 32.4 Å². The fourth-order valence-corrected chi connectivity index (χ4v) is 1.12. The summed E-state index contributed by atoms with van der Waals surface area (Å²) in [5.74, 6) is 0.202. The van der Waals surface area contributed by atoms with Gasteiger partial charge in [-0.3, -0.25) is 4.79 Å². The van der Waals surface area contributed by atoms with Crippen LogP contribution in [0.15, 0.2) is 23.8 Å². The molecule has 0 heterocycles. The van der Waals surface area contributed by atoms with Gasteiger partial charge in [0.2, 0.25) is 0 Å². The average molecular weight is 179 g/mol. The van der Waals surface area contributed by atoms with E-state index in [4.69, 9.17) is 0 Å². The second kappa shape index (κ2) is 3.88. The van der Waals surface area contributed by atoms with Gasteiger partial charge in [0.15, 0.2) is 5.78 Å². The van der Waals surface area contributed by atoms with Crippen LogP contribution in [-0.4, -0.2) is 17.9 Å². The number of hydrogen-bond donors (Lipinski definition) is 1. The van der Waals surface area contributed by atoms with Crippen molar-refractivity contribution < 1.29 is 4.79 Å². The summed E-state index contributed by atoms with van der Waals surface area (Å²) in [6.45, 7) is 7.11. The number of carbonyl (C=O) groups excluding carboxylic acids is 1. The number of ketones is 1. The SMILES string of the molecule is CC(C)(C)NCC1=CC(=O)CC=C1. The van der Waals surface area contributed by atoms with Crippen molar-refractivity contribution in [1.29, 1.82) is 0 Å². The van der Waals surface area contributed by atoms with E-state index in [9.17, 15) is 4.79 Å². The minimum absolute atomic E-state index is 0.106. The standard InChI is InChI=1S/C11H17NO/c1-11(2,3)12-8-9-5-4-6-10(13)7-9/h4-5,7,12H,6,8H2,1-3H3. The number of rotatable bonds is 2. The van der Waals surface area contributed by atoms with Crippen LogP contribution >= 0.6 is 0 Å². The largest absolute Gasteiger partial charge is 0.308 e. The van der Waals surface area contributed by atoms with Crippen molar-refractivity contribution in [3.63, 3.8) is 0 Å².